The Labute approximate surface area is 143 Å². The summed E-state index contributed by atoms with van der Waals surface area (Å²) in [5.74, 6) is 0. The molecule has 4 rings (SSSR count). The molecule has 0 spiro atoms. The third kappa shape index (κ3) is 2.53. The molecular formula is C18H13ClN4O. The van der Waals surface area contributed by atoms with E-state index in [1.807, 2.05) is 16.7 Å². The zero-order valence-corrected chi connectivity index (χ0v) is 13.4. The van der Waals surface area contributed by atoms with Crippen molar-refractivity contribution in [2.45, 2.75) is 12.8 Å². The van der Waals surface area contributed by atoms with Crippen LogP contribution < -0.4 is 0 Å². The molecule has 0 N–H and O–H groups in total. The van der Waals surface area contributed by atoms with Gasteiger partial charge in [-0.25, -0.2) is 9.97 Å². The Bertz CT molecular complexity index is 986. The van der Waals surface area contributed by atoms with Crippen molar-refractivity contribution >= 4 is 34.7 Å². The molecule has 2 heterocycles. The van der Waals surface area contributed by atoms with E-state index in [9.17, 15) is 4.79 Å². The second kappa shape index (κ2) is 6.02. The number of allylic oxidation sites excluding steroid dienone is 4. The van der Waals surface area contributed by atoms with Gasteiger partial charge in [-0.1, -0.05) is 36.4 Å². The van der Waals surface area contributed by atoms with Crippen LogP contribution in [0.1, 0.15) is 23.2 Å². The molecule has 0 amide bonds. The van der Waals surface area contributed by atoms with Gasteiger partial charge in [0.2, 0.25) is 5.28 Å². The zero-order valence-electron chi connectivity index (χ0n) is 12.7. The highest BCUT2D eigenvalue weighted by atomic mass is 35.5. The first-order valence-corrected chi connectivity index (χ1v) is 7.97. The number of carbonyl (C=O) groups is 1. The SMILES string of the molecule is O=Cc1ccc(-c2nc(Cl)nc3c2ncn3C2=CCCC=C2)cc1. The summed E-state index contributed by atoms with van der Waals surface area (Å²) in [6.45, 7) is 0. The first-order chi connectivity index (χ1) is 11.8. The van der Waals surface area contributed by atoms with E-state index >= 15 is 0 Å². The molecule has 0 aliphatic heterocycles. The van der Waals surface area contributed by atoms with E-state index in [1.54, 1.807) is 18.5 Å². The molecule has 24 heavy (non-hydrogen) atoms. The van der Waals surface area contributed by atoms with Crippen molar-refractivity contribution in [2.75, 3.05) is 0 Å². The van der Waals surface area contributed by atoms with E-state index in [-0.39, 0.29) is 5.28 Å². The number of aldehydes is 1. The zero-order chi connectivity index (χ0) is 16.5. The van der Waals surface area contributed by atoms with E-state index in [2.05, 4.69) is 33.2 Å². The molecule has 1 aliphatic rings. The van der Waals surface area contributed by atoms with Crippen LogP contribution in [-0.4, -0.2) is 25.8 Å². The number of nitrogens with zero attached hydrogens (tertiary/aromatic N) is 4. The number of aromatic nitrogens is 4. The lowest BCUT2D eigenvalue weighted by Gasteiger charge is -2.09. The average Bonchev–Trinajstić information content (AvgIpc) is 3.05. The summed E-state index contributed by atoms with van der Waals surface area (Å²) < 4.78 is 1.92. The number of hydrogen-bond acceptors (Lipinski definition) is 4. The average molecular weight is 337 g/mol. The third-order valence-corrected chi connectivity index (χ3v) is 4.11. The van der Waals surface area contributed by atoms with Gasteiger partial charge < -0.3 is 0 Å². The van der Waals surface area contributed by atoms with Gasteiger partial charge in [0.15, 0.2) is 5.65 Å². The maximum atomic E-state index is 10.8. The van der Waals surface area contributed by atoms with Gasteiger partial charge >= 0.3 is 0 Å². The summed E-state index contributed by atoms with van der Waals surface area (Å²) >= 11 is 6.14. The van der Waals surface area contributed by atoms with Gasteiger partial charge in [-0.2, -0.15) is 4.98 Å². The second-order valence-electron chi connectivity index (χ2n) is 5.48. The maximum Gasteiger partial charge on any atom is 0.225 e. The minimum atomic E-state index is 0.166. The highest BCUT2D eigenvalue weighted by Crippen LogP contribution is 2.28. The van der Waals surface area contributed by atoms with Crippen LogP contribution in [0.25, 0.3) is 28.1 Å². The number of fused-ring (bicyclic) bond motifs is 1. The lowest BCUT2D eigenvalue weighted by Crippen LogP contribution is -1.99. The van der Waals surface area contributed by atoms with Crippen LogP contribution in [-0.2, 0) is 0 Å². The van der Waals surface area contributed by atoms with Crippen molar-refractivity contribution in [3.05, 3.63) is 59.7 Å². The van der Waals surface area contributed by atoms with Gasteiger partial charge in [-0.05, 0) is 30.5 Å². The van der Waals surface area contributed by atoms with Crippen molar-refractivity contribution < 1.29 is 4.79 Å². The monoisotopic (exact) mass is 336 g/mol. The van der Waals surface area contributed by atoms with Gasteiger partial charge in [0.25, 0.3) is 0 Å². The minimum Gasteiger partial charge on any atom is -0.298 e. The van der Waals surface area contributed by atoms with Crippen LogP contribution in [0.3, 0.4) is 0 Å². The third-order valence-electron chi connectivity index (χ3n) is 3.94. The first kappa shape index (κ1) is 14.8. The first-order valence-electron chi connectivity index (χ1n) is 7.59. The van der Waals surface area contributed by atoms with Crippen molar-refractivity contribution in [1.29, 1.82) is 0 Å². The van der Waals surface area contributed by atoms with Crippen molar-refractivity contribution in [3.63, 3.8) is 0 Å². The molecule has 1 aromatic carbocycles. The van der Waals surface area contributed by atoms with Crippen LogP contribution in [0.15, 0.2) is 48.8 Å². The Balaban J connectivity index is 1.90. The summed E-state index contributed by atoms with van der Waals surface area (Å²) in [6.07, 6.45) is 10.9. The van der Waals surface area contributed by atoms with Crippen LogP contribution in [0.4, 0.5) is 0 Å². The molecule has 0 unspecified atom stereocenters. The van der Waals surface area contributed by atoms with Crippen molar-refractivity contribution in [1.82, 2.24) is 19.5 Å². The van der Waals surface area contributed by atoms with Crippen LogP contribution in [0, 0.1) is 0 Å². The molecule has 0 saturated heterocycles. The van der Waals surface area contributed by atoms with Crippen molar-refractivity contribution in [3.8, 4) is 11.3 Å². The lowest BCUT2D eigenvalue weighted by atomic mass is 10.1. The fraction of sp³-hybridized carbons (Fsp3) is 0.111. The highest BCUT2D eigenvalue weighted by molar-refractivity contribution is 6.28. The molecule has 0 fully saturated rings. The van der Waals surface area contributed by atoms with Gasteiger partial charge in [0.1, 0.15) is 23.8 Å². The standard InChI is InChI=1S/C18H13ClN4O/c19-18-21-15(13-8-6-12(10-24)7-9-13)16-17(22-18)23(11-20-16)14-4-2-1-3-5-14/h2,4-11H,1,3H2. The molecule has 3 aromatic rings. The van der Waals surface area contributed by atoms with E-state index < -0.39 is 0 Å². The van der Waals surface area contributed by atoms with Gasteiger partial charge in [-0.15, -0.1) is 0 Å². The Morgan fingerprint density at radius 3 is 2.67 bits per heavy atom. The molecule has 0 atom stereocenters. The van der Waals surface area contributed by atoms with Gasteiger partial charge in [0, 0.05) is 16.8 Å². The maximum absolute atomic E-state index is 10.8. The van der Waals surface area contributed by atoms with E-state index in [0.717, 1.165) is 30.4 Å². The number of hydrogen-bond donors (Lipinski definition) is 0. The van der Waals surface area contributed by atoms with E-state index in [0.29, 0.717) is 22.4 Å². The van der Waals surface area contributed by atoms with E-state index in [4.69, 9.17) is 11.6 Å². The topological polar surface area (TPSA) is 60.7 Å². The number of benzene rings is 1. The quantitative estimate of drug-likeness (QED) is 0.532. The molecule has 1 aliphatic carbocycles. The number of rotatable bonds is 3. The fourth-order valence-electron chi connectivity index (χ4n) is 2.76. The fourth-order valence-corrected chi connectivity index (χ4v) is 2.93. The second-order valence-corrected chi connectivity index (χ2v) is 5.81. The smallest absolute Gasteiger partial charge is 0.225 e. The molecule has 6 heteroatoms. The van der Waals surface area contributed by atoms with Crippen LogP contribution in [0.5, 0.6) is 0 Å². The highest BCUT2D eigenvalue weighted by Gasteiger charge is 2.15. The number of carbonyl (C=O) groups excluding carboxylic acids is 1. The predicted octanol–water partition coefficient (Wildman–Crippen LogP) is 4.15. The largest absolute Gasteiger partial charge is 0.298 e. The summed E-state index contributed by atoms with van der Waals surface area (Å²) in [5, 5.41) is 0.166. The van der Waals surface area contributed by atoms with Crippen LogP contribution >= 0.6 is 11.6 Å². The molecule has 2 aromatic heterocycles. The molecule has 0 radical (unpaired) electrons. The van der Waals surface area contributed by atoms with Crippen LogP contribution in [0.2, 0.25) is 5.28 Å². The molecular weight excluding hydrogens is 324 g/mol. The molecule has 118 valence electrons. The number of halogens is 1. The Kier molecular flexibility index (Phi) is 3.70. The Morgan fingerprint density at radius 2 is 1.96 bits per heavy atom. The lowest BCUT2D eigenvalue weighted by molar-refractivity contribution is 0.112. The summed E-state index contributed by atoms with van der Waals surface area (Å²) in [5.41, 5.74) is 4.48. The Hall–Kier alpha value is -2.79. The number of imidazole rings is 1. The molecule has 0 bridgehead atoms. The summed E-state index contributed by atoms with van der Waals surface area (Å²) in [6, 6.07) is 7.16. The molecule has 5 nitrogen and oxygen atoms in total. The summed E-state index contributed by atoms with van der Waals surface area (Å²) in [7, 11) is 0. The van der Waals surface area contributed by atoms with Gasteiger partial charge in [-0.3, -0.25) is 9.36 Å². The summed E-state index contributed by atoms with van der Waals surface area (Å²) in [4.78, 5) is 24.0. The predicted molar refractivity (Wildman–Crippen MR) is 93.8 cm³/mol. The van der Waals surface area contributed by atoms with E-state index in [1.165, 1.54) is 0 Å². The molecule has 0 saturated carbocycles. The normalized spacial score (nSPS) is 14.0. The van der Waals surface area contributed by atoms with Crippen molar-refractivity contribution in [2.24, 2.45) is 0 Å². The minimum absolute atomic E-state index is 0.166. The van der Waals surface area contributed by atoms with Gasteiger partial charge in [0.05, 0.1) is 0 Å². The Morgan fingerprint density at radius 1 is 1.12 bits per heavy atom.